The molecule has 0 aliphatic rings. The van der Waals surface area contributed by atoms with Crippen LogP contribution in [0.4, 0.5) is 0 Å². The molecule has 1 aromatic heterocycles. The summed E-state index contributed by atoms with van der Waals surface area (Å²) < 4.78 is 5.78. The maximum atomic E-state index is 11.0. The summed E-state index contributed by atoms with van der Waals surface area (Å²) in [6.45, 7) is 0. The summed E-state index contributed by atoms with van der Waals surface area (Å²) in [6, 6.07) is 3.21. The first-order chi connectivity index (χ1) is 5.69. The highest BCUT2D eigenvalue weighted by Gasteiger charge is 2.12. The molecule has 0 aliphatic heterocycles. The number of nitriles is 1. The van der Waals surface area contributed by atoms with E-state index in [2.05, 4.69) is 9.84 Å². The van der Waals surface area contributed by atoms with Gasteiger partial charge in [0.05, 0.1) is 7.11 Å². The van der Waals surface area contributed by atoms with E-state index in [0.717, 1.165) is 0 Å². The number of aromatic nitrogens is 2. The number of hydrogen-bond acceptors (Lipinski definition) is 4. The van der Waals surface area contributed by atoms with Crippen LogP contribution in [0, 0.1) is 11.3 Å². The van der Waals surface area contributed by atoms with Crippen LogP contribution in [0.3, 0.4) is 0 Å². The molecule has 62 valence electrons. The van der Waals surface area contributed by atoms with Gasteiger partial charge in [-0.2, -0.15) is 10.4 Å². The van der Waals surface area contributed by atoms with Crippen LogP contribution in [-0.4, -0.2) is 22.9 Å². The molecule has 0 saturated heterocycles. The highest BCUT2D eigenvalue weighted by atomic mass is 16.5. The largest absolute Gasteiger partial charge is 0.464 e. The average molecular weight is 165 g/mol. The summed E-state index contributed by atoms with van der Waals surface area (Å²) in [5.74, 6) is -0.494. The maximum absolute atomic E-state index is 11.0. The third-order valence-electron chi connectivity index (χ3n) is 1.39. The Labute approximate surface area is 69.2 Å². The van der Waals surface area contributed by atoms with Crippen LogP contribution in [0.2, 0.25) is 0 Å². The second kappa shape index (κ2) is 3.05. The van der Waals surface area contributed by atoms with Crippen LogP contribution < -0.4 is 0 Å². The fourth-order valence-electron chi connectivity index (χ4n) is 0.817. The lowest BCUT2D eigenvalue weighted by molar-refractivity contribution is 0.0588. The van der Waals surface area contributed by atoms with Crippen molar-refractivity contribution in [3.63, 3.8) is 0 Å². The van der Waals surface area contributed by atoms with Crippen molar-refractivity contribution in [3.8, 4) is 6.07 Å². The Hall–Kier alpha value is -1.83. The molecule has 0 amide bonds. The first-order valence-electron chi connectivity index (χ1n) is 3.21. The summed E-state index contributed by atoms with van der Waals surface area (Å²) in [6.07, 6.45) is 0. The van der Waals surface area contributed by atoms with E-state index in [9.17, 15) is 4.79 Å². The molecule has 0 atom stereocenters. The lowest BCUT2D eigenvalue weighted by Crippen LogP contribution is -2.07. The second-order valence-corrected chi connectivity index (χ2v) is 2.14. The van der Waals surface area contributed by atoms with Gasteiger partial charge in [-0.05, 0) is 0 Å². The maximum Gasteiger partial charge on any atom is 0.356 e. The van der Waals surface area contributed by atoms with Gasteiger partial charge in [0.25, 0.3) is 0 Å². The van der Waals surface area contributed by atoms with E-state index in [1.54, 1.807) is 7.05 Å². The fourth-order valence-corrected chi connectivity index (χ4v) is 0.817. The second-order valence-electron chi connectivity index (χ2n) is 2.14. The Morgan fingerprint density at radius 3 is 2.92 bits per heavy atom. The number of carbonyl (C=O) groups excluding carboxylic acids is 1. The molecule has 12 heavy (non-hydrogen) atoms. The first kappa shape index (κ1) is 8.27. The summed E-state index contributed by atoms with van der Waals surface area (Å²) >= 11 is 0. The summed E-state index contributed by atoms with van der Waals surface area (Å²) in [7, 11) is 2.86. The minimum atomic E-state index is -0.494. The van der Waals surface area contributed by atoms with Gasteiger partial charge in [-0.25, -0.2) is 4.79 Å². The van der Waals surface area contributed by atoms with Crippen LogP contribution in [0.5, 0.6) is 0 Å². The van der Waals surface area contributed by atoms with E-state index in [1.165, 1.54) is 17.9 Å². The van der Waals surface area contributed by atoms with Crippen molar-refractivity contribution in [2.45, 2.75) is 0 Å². The van der Waals surface area contributed by atoms with E-state index >= 15 is 0 Å². The molecule has 5 heteroatoms. The Morgan fingerprint density at radius 2 is 2.50 bits per heavy atom. The topological polar surface area (TPSA) is 67.9 Å². The van der Waals surface area contributed by atoms with Crippen molar-refractivity contribution in [1.82, 2.24) is 9.78 Å². The number of ether oxygens (including phenoxy) is 1. The Morgan fingerprint density at radius 1 is 1.83 bits per heavy atom. The number of aryl methyl sites for hydroxylation is 1. The van der Waals surface area contributed by atoms with Gasteiger partial charge in [0.2, 0.25) is 0 Å². The molecule has 1 rings (SSSR count). The van der Waals surface area contributed by atoms with E-state index in [4.69, 9.17) is 5.26 Å². The lowest BCUT2D eigenvalue weighted by atomic mass is 10.4. The Balaban J connectivity index is 3.10. The molecule has 0 spiro atoms. The number of rotatable bonds is 1. The van der Waals surface area contributed by atoms with Crippen LogP contribution in [0.25, 0.3) is 0 Å². The average Bonchev–Trinajstić information content (AvgIpc) is 2.45. The molecule has 0 N–H and O–H groups in total. The van der Waals surface area contributed by atoms with Gasteiger partial charge < -0.3 is 4.74 Å². The van der Waals surface area contributed by atoms with Crippen molar-refractivity contribution in [2.24, 2.45) is 7.05 Å². The molecule has 0 unspecified atom stereocenters. The minimum absolute atomic E-state index is 0.206. The summed E-state index contributed by atoms with van der Waals surface area (Å²) in [5, 5.41) is 12.2. The zero-order valence-corrected chi connectivity index (χ0v) is 6.74. The molecule has 0 aliphatic carbocycles. The summed E-state index contributed by atoms with van der Waals surface area (Å²) in [5.41, 5.74) is 0.479. The van der Waals surface area contributed by atoms with Crippen molar-refractivity contribution in [1.29, 1.82) is 5.26 Å². The molecule has 0 saturated carbocycles. The van der Waals surface area contributed by atoms with Gasteiger partial charge in [0.15, 0.2) is 5.69 Å². The van der Waals surface area contributed by atoms with E-state index in [-0.39, 0.29) is 11.4 Å². The van der Waals surface area contributed by atoms with Crippen LogP contribution in [0.1, 0.15) is 16.2 Å². The number of methoxy groups -OCH3 is 1. The predicted molar refractivity (Wildman–Crippen MR) is 39.3 cm³/mol. The third-order valence-corrected chi connectivity index (χ3v) is 1.39. The standard InChI is InChI=1S/C7H7N3O2/c1-10-6(7(11)12-2)3-5(4-8)9-10/h3H,1-2H3. The quantitative estimate of drug-likeness (QED) is 0.552. The minimum Gasteiger partial charge on any atom is -0.464 e. The van der Waals surface area contributed by atoms with Crippen molar-refractivity contribution >= 4 is 5.97 Å². The SMILES string of the molecule is COC(=O)c1cc(C#N)nn1C. The molecule has 0 fully saturated rings. The van der Waals surface area contributed by atoms with Gasteiger partial charge >= 0.3 is 5.97 Å². The molecule has 1 heterocycles. The number of nitrogens with zero attached hydrogens (tertiary/aromatic N) is 3. The predicted octanol–water partition coefficient (Wildman–Crippen LogP) is 0.0784. The normalized spacial score (nSPS) is 9.08. The van der Waals surface area contributed by atoms with Crippen molar-refractivity contribution < 1.29 is 9.53 Å². The van der Waals surface area contributed by atoms with Crippen LogP contribution in [0.15, 0.2) is 6.07 Å². The number of hydrogen-bond donors (Lipinski definition) is 0. The van der Waals surface area contributed by atoms with Gasteiger partial charge in [-0.3, -0.25) is 4.68 Å². The fraction of sp³-hybridized carbons (Fsp3) is 0.286. The molecule has 0 aromatic carbocycles. The lowest BCUT2D eigenvalue weighted by Gasteiger charge is -1.96. The monoisotopic (exact) mass is 165 g/mol. The Bertz CT molecular complexity index is 348. The zero-order chi connectivity index (χ0) is 9.14. The molecular weight excluding hydrogens is 158 g/mol. The van der Waals surface area contributed by atoms with Crippen molar-refractivity contribution in [2.75, 3.05) is 7.11 Å². The first-order valence-corrected chi connectivity index (χ1v) is 3.21. The third kappa shape index (κ3) is 1.27. The highest BCUT2D eigenvalue weighted by Crippen LogP contribution is 2.02. The van der Waals surface area contributed by atoms with Crippen LogP contribution >= 0.6 is 0 Å². The van der Waals surface area contributed by atoms with Crippen molar-refractivity contribution in [3.05, 3.63) is 17.5 Å². The molecule has 0 radical (unpaired) electrons. The molecule has 0 bridgehead atoms. The number of esters is 1. The zero-order valence-electron chi connectivity index (χ0n) is 6.74. The van der Waals surface area contributed by atoms with Gasteiger partial charge in [0.1, 0.15) is 11.8 Å². The van der Waals surface area contributed by atoms with Crippen LogP contribution in [-0.2, 0) is 11.8 Å². The van der Waals surface area contributed by atoms with E-state index in [1.807, 2.05) is 6.07 Å². The smallest absolute Gasteiger partial charge is 0.356 e. The summed E-state index contributed by atoms with van der Waals surface area (Å²) in [4.78, 5) is 11.0. The molecule has 5 nitrogen and oxygen atoms in total. The van der Waals surface area contributed by atoms with Gasteiger partial charge in [-0.15, -0.1) is 0 Å². The molecular formula is C7H7N3O2. The van der Waals surface area contributed by atoms with E-state index in [0.29, 0.717) is 0 Å². The Kier molecular flexibility index (Phi) is 2.10. The molecule has 1 aromatic rings. The van der Waals surface area contributed by atoms with E-state index < -0.39 is 5.97 Å². The number of carbonyl (C=O) groups is 1. The highest BCUT2D eigenvalue weighted by molar-refractivity contribution is 5.87. The van der Waals surface area contributed by atoms with Gasteiger partial charge in [-0.1, -0.05) is 0 Å². The van der Waals surface area contributed by atoms with Gasteiger partial charge in [0, 0.05) is 13.1 Å².